The molecule has 0 atom stereocenters. The second kappa shape index (κ2) is 7.19. The Bertz CT molecular complexity index is 996. The van der Waals surface area contributed by atoms with E-state index in [1.54, 1.807) is 36.5 Å². The van der Waals surface area contributed by atoms with Crippen molar-refractivity contribution in [3.63, 3.8) is 0 Å². The maximum Gasteiger partial charge on any atom is 0.268 e. The Morgan fingerprint density at radius 2 is 1.92 bits per heavy atom. The van der Waals surface area contributed by atoms with Gasteiger partial charge in [0.15, 0.2) is 0 Å². The molecule has 2 aromatic carbocycles. The van der Waals surface area contributed by atoms with E-state index >= 15 is 0 Å². The van der Waals surface area contributed by atoms with E-state index < -0.39 is 10.0 Å². The lowest BCUT2D eigenvalue weighted by molar-refractivity contribution is 0.425. The third-order valence-corrected chi connectivity index (χ3v) is 6.07. The molecule has 3 rings (SSSR count). The zero-order valence-electron chi connectivity index (χ0n) is 14.1. The van der Waals surface area contributed by atoms with E-state index in [2.05, 4.69) is 26.1 Å². The number of hydrogen-bond acceptors (Lipinski definition) is 4. The molecule has 0 spiro atoms. The number of aromatic nitrogens is 1. The maximum absolute atomic E-state index is 13.0. The van der Waals surface area contributed by atoms with Crippen LogP contribution in [0.25, 0.3) is 10.9 Å². The van der Waals surface area contributed by atoms with Crippen LogP contribution >= 0.6 is 15.9 Å². The van der Waals surface area contributed by atoms with Crippen molar-refractivity contribution in [2.75, 3.05) is 32.5 Å². The number of nitrogens with one attached hydrogen (secondary N) is 1. The SMILES string of the molecule is CN(C)CCNc1cccc(S(=O)(=O)n2ccc3cc(Br)ccc32)c1. The van der Waals surface area contributed by atoms with Crippen LogP contribution in [0.5, 0.6) is 0 Å². The lowest BCUT2D eigenvalue weighted by atomic mass is 10.3. The molecule has 3 aromatic rings. The van der Waals surface area contributed by atoms with Crippen LogP contribution in [0.15, 0.2) is 64.1 Å². The van der Waals surface area contributed by atoms with Crippen molar-refractivity contribution in [2.45, 2.75) is 4.90 Å². The fourth-order valence-electron chi connectivity index (χ4n) is 2.60. The minimum Gasteiger partial charge on any atom is -0.384 e. The van der Waals surface area contributed by atoms with Gasteiger partial charge < -0.3 is 10.2 Å². The van der Waals surface area contributed by atoms with Crippen LogP contribution in [0.4, 0.5) is 5.69 Å². The van der Waals surface area contributed by atoms with Gasteiger partial charge in [0.05, 0.1) is 10.4 Å². The van der Waals surface area contributed by atoms with Crippen molar-refractivity contribution >= 4 is 42.5 Å². The molecule has 5 nitrogen and oxygen atoms in total. The molecule has 0 aliphatic rings. The molecule has 0 saturated heterocycles. The van der Waals surface area contributed by atoms with Crippen LogP contribution in [-0.4, -0.2) is 44.5 Å². The van der Waals surface area contributed by atoms with Crippen LogP contribution in [0.1, 0.15) is 0 Å². The third kappa shape index (κ3) is 3.89. The standard InChI is InChI=1S/C18H20BrN3O2S/c1-21(2)11-9-20-16-4-3-5-17(13-16)25(23,24)22-10-8-14-12-15(19)6-7-18(14)22/h3-8,10,12-13,20H,9,11H2,1-2H3. The summed E-state index contributed by atoms with van der Waals surface area (Å²) in [6.45, 7) is 1.62. The topological polar surface area (TPSA) is 54.3 Å². The molecule has 0 amide bonds. The molecular formula is C18H20BrN3O2S. The number of halogens is 1. The van der Waals surface area contributed by atoms with Crippen LogP contribution in [0.3, 0.4) is 0 Å². The highest BCUT2D eigenvalue weighted by Gasteiger charge is 2.19. The molecular weight excluding hydrogens is 402 g/mol. The Labute approximate surface area is 156 Å². The van der Waals surface area contributed by atoms with E-state index in [4.69, 9.17) is 0 Å². The summed E-state index contributed by atoms with van der Waals surface area (Å²) in [5.74, 6) is 0. The lowest BCUT2D eigenvalue weighted by Gasteiger charge is -2.13. The van der Waals surface area contributed by atoms with Gasteiger partial charge in [0.1, 0.15) is 0 Å². The summed E-state index contributed by atoms with van der Waals surface area (Å²) in [4.78, 5) is 2.33. The largest absolute Gasteiger partial charge is 0.384 e. The summed E-state index contributed by atoms with van der Waals surface area (Å²) in [6.07, 6.45) is 1.60. The molecule has 1 aromatic heterocycles. The van der Waals surface area contributed by atoms with Gasteiger partial charge in [0, 0.05) is 34.8 Å². The highest BCUT2D eigenvalue weighted by atomic mass is 79.9. The first-order chi connectivity index (χ1) is 11.9. The van der Waals surface area contributed by atoms with Gasteiger partial charge in [-0.2, -0.15) is 0 Å². The first-order valence-corrected chi connectivity index (χ1v) is 10.1. The van der Waals surface area contributed by atoms with E-state index in [0.29, 0.717) is 5.52 Å². The van der Waals surface area contributed by atoms with Gasteiger partial charge in [-0.25, -0.2) is 12.4 Å². The van der Waals surface area contributed by atoms with E-state index in [1.165, 1.54) is 3.97 Å². The van der Waals surface area contributed by atoms with Crippen LogP contribution < -0.4 is 5.32 Å². The van der Waals surface area contributed by atoms with Gasteiger partial charge in [0.25, 0.3) is 10.0 Å². The molecule has 0 aliphatic carbocycles. The van der Waals surface area contributed by atoms with Gasteiger partial charge in [-0.15, -0.1) is 0 Å². The molecule has 1 N–H and O–H groups in total. The Morgan fingerprint density at radius 3 is 2.68 bits per heavy atom. The first-order valence-electron chi connectivity index (χ1n) is 7.89. The predicted octanol–water partition coefficient (Wildman–Crippen LogP) is 3.61. The Kier molecular flexibility index (Phi) is 5.17. The number of fused-ring (bicyclic) bond motifs is 1. The fraction of sp³-hybridized carbons (Fsp3) is 0.222. The second-order valence-corrected chi connectivity index (χ2v) is 8.81. The van der Waals surface area contributed by atoms with E-state index in [0.717, 1.165) is 28.6 Å². The zero-order chi connectivity index (χ0) is 18.0. The highest BCUT2D eigenvalue weighted by Crippen LogP contribution is 2.26. The number of rotatable bonds is 6. The number of hydrogen-bond donors (Lipinski definition) is 1. The summed E-state index contributed by atoms with van der Waals surface area (Å²) >= 11 is 3.41. The molecule has 0 bridgehead atoms. The van der Waals surface area contributed by atoms with Gasteiger partial charge in [-0.05, 0) is 56.6 Å². The summed E-state index contributed by atoms with van der Waals surface area (Å²) in [7, 11) is 0.348. The Hall–Kier alpha value is -1.83. The Balaban J connectivity index is 1.94. The van der Waals surface area contributed by atoms with Crippen molar-refractivity contribution in [1.29, 1.82) is 0 Å². The summed E-state index contributed by atoms with van der Waals surface area (Å²) in [5, 5.41) is 4.13. The van der Waals surface area contributed by atoms with Crippen molar-refractivity contribution in [3.8, 4) is 0 Å². The van der Waals surface area contributed by atoms with Crippen LogP contribution in [-0.2, 0) is 10.0 Å². The molecule has 0 unspecified atom stereocenters. The van der Waals surface area contributed by atoms with Gasteiger partial charge in [0.2, 0.25) is 0 Å². The number of anilines is 1. The summed E-state index contributed by atoms with van der Waals surface area (Å²) in [5.41, 5.74) is 1.45. The highest BCUT2D eigenvalue weighted by molar-refractivity contribution is 9.10. The first kappa shape index (κ1) is 18.0. The van der Waals surface area contributed by atoms with E-state index in [9.17, 15) is 8.42 Å². The van der Waals surface area contributed by atoms with E-state index in [-0.39, 0.29) is 4.90 Å². The number of benzene rings is 2. The van der Waals surface area contributed by atoms with Gasteiger partial charge in [-0.3, -0.25) is 0 Å². The third-order valence-electron chi connectivity index (χ3n) is 3.90. The Morgan fingerprint density at radius 1 is 1.12 bits per heavy atom. The van der Waals surface area contributed by atoms with Gasteiger partial charge >= 0.3 is 0 Å². The molecule has 25 heavy (non-hydrogen) atoms. The quantitative estimate of drug-likeness (QED) is 0.660. The monoisotopic (exact) mass is 421 g/mol. The molecule has 0 saturated carbocycles. The molecule has 132 valence electrons. The second-order valence-electron chi connectivity index (χ2n) is 6.08. The van der Waals surface area contributed by atoms with Crippen molar-refractivity contribution in [1.82, 2.24) is 8.87 Å². The molecule has 0 radical (unpaired) electrons. The lowest BCUT2D eigenvalue weighted by Crippen LogP contribution is -2.21. The summed E-state index contributed by atoms with van der Waals surface area (Å²) < 4.78 is 28.3. The number of likely N-dealkylation sites (N-methyl/N-ethyl adjacent to an activating group) is 1. The maximum atomic E-state index is 13.0. The fourth-order valence-corrected chi connectivity index (χ4v) is 4.38. The minimum atomic E-state index is -3.65. The predicted molar refractivity (Wildman–Crippen MR) is 106 cm³/mol. The van der Waals surface area contributed by atoms with Crippen LogP contribution in [0.2, 0.25) is 0 Å². The van der Waals surface area contributed by atoms with Crippen molar-refractivity contribution in [2.24, 2.45) is 0 Å². The molecule has 1 heterocycles. The smallest absolute Gasteiger partial charge is 0.268 e. The van der Waals surface area contributed by atoms with E-state index in [1.807, 2.05) is 32.3 Å². The minimum absolute atomic E-state index is 0.266. The summed E-state index contributed by atoms with van der Waals surface area (Å²) in [6, 6.07) is 14.3. The van der Waals surface area contributed by atoms with Crippen molar-refractivity contribution < 1.29 is 8.42 Å². The molecule has 0 fully saturated rings. The average molecular weight is 422 g/mol. The molecule has 7 heteroatoms. The average Bonchev–Trinajstić information content (AvgIpc) is 2.98. The van der Waals surface area contributed by atoms with Gasteiger partial charge in [-0.1, -0.05) is 22.0 Å². The zero-order valence-corrected chi connectivity index (χ0v) is 16.5. The number of nitrogens with zero attached hydrogens (tertiary/aromatic N) is 2. The molecule has 0 aliphatic heterocycles. The van der Waals surface area contributed by atoms with Crippen LogP contribution in [0, 0.1) is 0 Å². The van der Waals surface area contributed by atoms with Crippen molar-refractivity contribution in [3.05, 3.63) is 59.2 Å². The normalized spacial score (nSPS) is 12.0.